The first-order valence-electron chi connectivity index (χ1n) is 4.78. The number of benzene rings is 1. The topological polar surface area (TPSA) is 163 Å². The molecule has 0 saturated heterocycles. The van der Waals surface area contributed by atoms with E-state index in [1.807, 2.05) is 30.6 Å². The Kier molecular flexibility index (Phi) is 7.04. The number of hydrogen-bond donors (Lipinski definition) is 5. The predicted octanol–water partition coefficient (Wildman–Crippen LogP) is 0.421. The van der Waals surface area contributed by atoms with Crippen LogP contribution in [0, 0.1) is 5.41 Å². The van der Waals surface area contributed by atoms with Crippen LogP contribution in [0.15, 0.2) is 42.7 Å². The van der Waals surface area contributed by atoms with E-state index in [0.717, 1.165) is 0 Å². The summed E-state index contributed by atoms with van der Waals surface area (Å²) in [5.41, 5.74) is 8.94. The molecule has 8 nitrogen and oxygen atoms in total. The first-order chi connectivity index (χ1) is 8.70. The van der Waals surface area contributed by atoms with Crippen LogP contribution in [0.3, 0.4) is 0 Å². The molecule has 9 heteroatoms. The van der Waals surface area contributed by atoms with Crippen molar-refractivity contribution in [3.8, 4) is 0 Å². The van der Waals surface area contributed by atoms with Crippen LogP contribution in [0.2, 0.25) is 0 Å². The van der Waals surface area contributed by atoms with E-state index in [1.54, 1.807) is 0 Å². The minimum absolute atomic E-state index is 0.333. The Hall–Kier alpha value is -2.23. The maximum Gasteiger partial charge on any atom is 0.394 e. The molecular formula is C10H14N4O4S. The molecule has 1 heterocycles. The lowest BCUT2D eigenvalue weighted by Crippen LogP contribution is -2.20. The Morgan fingerprint density at radius 2 is 1.53 bits per heavy atom. The molecule has 1 aromatic heterocycles. The van der Waals surface area contributed by atoms with Crippen LogP contribution >= 0.6 is 0 Å². The molecule has 0 radical (unpaired) electrons. The number of rotatable bonds is 0. The van der Waals surface area contributed by atoms with Gasteiger partial charge in [0.25, 0.3) is 0 Å². The molecule has 2 rings (SSSR count). The number of aromatic nitrogens is 1. The molecule has 0 spiro atoms. The molecule has 0 saturated carbocycles. The van der Waals surface area contributed by atoms with E-state index in [2.05, 4.69) is 28.6 Å². The lowest BCUT2D eigenvalue weighted by Gasteiger charge is -1.91. The number of pyridine rings is 1. The highest BCUT2D eigenvalue weighted by molar-refractivity contribution is 7.79. The van der Waals surface area contributed by atoms with E-state index in [4.69, 9.17) is 22.9 Å². The maximum absolute atomic E-state index is 8.74. The molecule has 0 amide bonds. The molecule has 2 aromatic rings. The lowest BCUT2D eigenvalue weighted by atomic mass is 10.2. The quantitative estimate of drug-likeness (QED) is 0.266. The zero-order chi connectivity index (χ0) is 14.9. The number of guanidine groups is 1. The summed E-state index contributed by atoms with van der Waals surface area (Å²) in [4.78, 5) is 4.01. The van der Waals surface area contributed by atoms with Crippen molar-refractivity contribution in [1.29, 1.82) is 5.41 Å². The second-order valence-corrected chi connectivity index (χ2v) is 4.02. The van der Waals surface area contributed by atoms with Gasteiger partial charge in [0.15, 0.2) is 5.96 Å². The Morgan fingerprint density at radius 3 is 1.95 bits per heavy atom. The smallest absolute Gasteiger partial charge is 0.370 e. The van der Waals surface area contributed by atoms with Gasteiger partial charge in [-0.2, -0.15) is 8.42 Å². The highest BCUT2D eigenvalue weighted by Crippen LogP contribution is 2.09. The van der Waals surface area contributed by atoms with E-state index >= 15 is 0 Å². The SMILES string of the molecule is N=C(N)N.O=S(=O)(O)O.c1ccc2cnccc2c1. The standard InChI is InChI=1S/C9H7N.CH5N3.H2O4S/c1-2-4-9-7-10-6-5-8(9)3-1;2-1(3)4;1-5(2,3)4/h1-7H;(H5,2,3,4);(H2,1,2,3,4). The third-order valence-electron chi connectivity index (χ3n) is 1.55. The summed E-state index contributed by atoms with van der Waals surface area (Å²) in [7, 11) is -4.67. The fourth-order valence-corrected chi connectivity index (χ4v) is 1.03. The van der Waals surface area contributed by atoms with Gasteiger partial charge in [0.05, 0.1) is 0 Å². The average Bonchev–Trinajstić information content (AvgIpc) is 2.26. The van der Waals surface area contributed by atoms with E-state index in [0.29, 0.717) is 0 Å². The Labute approximate surface area is 110 Å². The van der Waals surface area contributed by atoms with Crippen LogP contribution in [-0.4, -0.2) is 28.5 Å². The van der Waals surface area contributed by atoms with Gasteiger partial charge in [-0.15, -0.1) is 0 Å². The van der Waals surface area contributed by atoms with Gasteiger partial charge < -0.3 is 11.5 Å². The minimum atomic E-state index is -4.67. The van der Waals surface area contributed by atoms with Gasteiger partial charge in [0.2, 0.25) is 0 Å². The Balaban J connectivity index is 0.000000307. The Bertz CT molecular complexity index is 553. The molecule has 0 aliphatic heterocycles. The molecule has 104 valence electrons. The van der Waals surface area contributed by atoms with Crippen molar-refractivity contribution >= 4 is 27.1 Å². The first-order valence-corrected chi connectivity index (χ1v) is 6.18. The predicted molar refractivity (Wildman–Crippen MR) is 72.0 cm³/mol. The van der Waals surface area contributed by atoms with Crippen molar-refractivity contribution in [2.24, 2.45) is 11.5 Å². The van der Waals surface area contributed by atoms with E-state index in [1.165, 1.54) is 10.8 Å². The number of nitrogens with zero attached hydrogens (tertiary/aromatic N) is 1. The summed E-state index contributed by atoms with van der Waals surface area (Å²) in [6.07, 6.45) is 3.68. The second-order valence-electron chi connectivity index (χ2n) is 3.13. The van der Waals surface area contributed by atoms with Crippen LogP contribution in [0.4, 0.5) is 0 Å². The van der Waals surface area contributed by atoms with E-state index in [-0.39, 0.29) is 5.96 Å². The summed E-state index contributed by atoms with van der Waals surface area (Å²) in [5.74, 6) is -0.333. The highest BCUT2D eigenvalue weighted by Gasteiger charge is 1.86. The molecule has 7 N–H and O–H groups in total. The van der Waals surface area contributed by atoms with Crippen LogP contribution in [0.1, 0.15) is 0 Å². The zero-order valence-corrected chi connectivity index (χ0v) is 10.6. The number of nitrogens with one attached hydrogen (secondary N) is 1. The fourth-order valence-electron chi connectivity index (χ4n) is 1.03. The fraction of sp³-hybridized carbons (Fsp3) is 0. The van der Waals surface area contributed by atoms with E-state index < -0.39 is 10.4 Å². The summed E-state index contributed by atoms with van der Waals surface area (Å²) in [6.45, 7) is 0. The van der Waals surface area contributed by atoms with Gasteiger partial charge >= 0.3 is 10.4 Å². The van der Waals surface area contributed by atoms with E-state index in [9.17, 15) is 0 Å². The van der Waals surface area contributed by atoms with Gasteiger partial charge in [-0.05, 0) is 16.8 Å². The van der Waals surface area contributed by atoms with Crippen molar-refractivity contribution < 1.29 is 17.5 Å². The van der Waals surface area contributed by atoms with Crippen LogP contribution in [-0.2, 0) is 10.4 Å². The average molecular weight is 286 g/mol. The maximum atomic E-state index is 8.74. The number of hydrogen-bond acceptors (Lipinski definition) is 4. The van der Waals surface area contributed by atoms with Gasteiger partial charge in [0, 0.05) is 12.4 Å². The third-order valence-corrected chi connectivity index (χ3v) is 1.55. The summed E-state index contributed by atoms with van der Waals surface area (Å²) in [6, 6.07) is 10.2. The van der Waals surface area contributed by atoms with Crippen molar-refractivity contribution in [1.82, 2.24) is 4.98 Å². The zero-order valence-electron chi connectivity index (χ0n) is 9.76. The highest BCUT2D eigenvalue weighted by atomic mass is 32.3. The van der Waals surface area contributed by atoms with Gasteiger partial charge in [0.1, 0.15) is 0 Å². The Morgan fingerprint density at radius 1 is 1.11 bits per heavy atom. The van der Waals surface area contributed by atoms with Gasteiger partial charge in [-0.3, -0.25) is 19.5 Å². The number of nitrogens with two attached hydrogens (primary N) is 2. The first kappa shape index (κ1) is 16.8. The monoisotopic (exact) mass is 286 g/mol. The minimum Gasteiger partial charge on any atom is -0.370 e. The molecule has 0 aliphatic carbocycles. The molecule has 0 aliphatic rings. The lowest BCUT2D eigenvalue weighted by molar-refractivity contribution is 0.381. The van der Waals surface area contributed by atoms with Crippen molar-refractivity contribution in [3.05, 3.63) is 42.7 Å². The summed E-state index contributed by atoms with van der Waals surface area (Å²) < 4.78 is 31.6. The van der Waals surface area contributed by atoms with Gasteiger partial charge in [-0.25, -0.2) is 0 Å². The molecule has 1 aromatic carbocycles. The largest absolute Gasteiger partial charge is 0.394 e. The molecular weight excluding hydrogens is 272 g/mol. The molecule has 0 unspecified atom stereocenters. The normalized spacial score (nSPS) is 9.58. The van der Waals surface area contributed by atoms with Crippen molar-refractivity contribution in [3.63, 3.8) is 0 Å². The van der Waals surface area contributed by atoms with Crippen LogP contribution < -0.4 is 11.5 Å². The van der Waals surface area contributed by atoms with Crippen LogP contribution in [0.5, 0.6) is 0 Å². The van der Waals surface area contributed by atoms with Gasteiger partial charge in [-0.1, -0.05) is 24.3 Å². The number of fused-ring (bicyclic) bond motifs is 1. The summed E-state index contributed by atoms with van der Waals surface area (Å²) in [5, 5.41) is 8.50. The van der Waals surface area contributed by atoms with Crippen molar-refractivity contribution in [2.75, 3.05) is 0 Å². The molecule has 0 fully saturated rings. The molecule has 19 heavy (non-hydrogen) atoms. The van der Waals surface area contributed by atoms with Crippen molar-refractivity contribution in [2.45, 2.75) is 0 Å². The summed E-state index contributed by atoms with van der Waals surface area (Å²) >= 11 is 0. The second kappa shape index (κ2) is 7.97. The third kappa shape index (κ3) is 12.0. The molecule has 0 atom stereocenters. The van der Waals surface area contributed by atoms with Crippen LogP contribution in [0.25, 0.3) is 10.8 Å². The molecule has 0 bridgehead atoms.